The number of amides is 1. The number of likely N-dealkylation sites (tertiary alicyclic amines) is 1. The summed E-state index contributed by atoms with van der Waals surface area (Å²) in [4.78, 5) is 19.4. The Morgan fingerprint density at radius 1 is 1.13 bits per heavy atom. The van der Waals surface area contributed by atoms with Gasteiger partial charge in [-0.2, -0.15) is 0 Å². The maximum atomic E-state index is 13.0. The summed E-state index contributed by atoms with van der Waals surface area (Å²) in [5.41, 5.74) is 3.63. The third-order valence-electron chi connectivity index (χ3n) is 4.65. The Morgan fingerprint density at radius 2 is 1.91 bits per heavy atom. The topological polar surface area (TPSA) is 37.6 Å². The number of aromatic nitrogens is 2. The van der Waals surface area contributed by atoms with Gasteiger partial charge in [-0.25, -0.2) is 4.98 Å². The SMILES string of the molecule is Cc1nc2ccccn2c1C(=O)N1CC[C@H](c2ccccc2)C1. The van der Waals surface area contributed by atoms with Crippen LogP contribution >= 0.6 is 0 Å². The molecule has 1 aromatic carbocycles. The number of pyridine rings is 1. The number of nitrogens with zero attached hydrogens (tertiary/aromatic N) is 3. The highest BCUT2D eigenvalue weighted by Crippen LogP contribution is 2.28. The zero-order valence-electron chi connectivity index (χ0n) is 13.1. The number of carbonyl (C=O) groups excluding carboxylic acids is 1. The lowest BCUT2D eigenvalue weighted by Gasteiger charge is -2.17. The van der Waals surface area contributed by atoms with E-state index in [4.69, 9.17) is 0 Å². The van der Waals surface area contributed by atoms with Crippen molar-refractivity contribution in [2.75, 3.05) is 13.1 Å². The molecule has 4 heteroatoms. The second-order valence-corrected chi connectivity index (χ2v) is 6.12. The molecule has 2 aromatic heterocycles. The van der Waals surface area contributed by atoms with Crippen molar-refractivity contribution in [1.82, 2.24) is 14.3 Å². The Bertz CT molecular complexity index is 853. The van der Waals surface area contributed by atoms with Crippen LogP contribution in [0.4, 0.5) is 0 Å². The van der Waals surface area contributed by atoms with Gasteiger partial charge in [0.05, 0.1) is 5.69 Å². The van der Waals surface area contributed by atoms with Gasteiger partial charge < -0.3 is 4.90 Å². The smallest absolute Gasteiger partial charge is 0.272 e. The van der Waals surface area contributed by atoms with Crippen LogP contribution in [0.15, 0.2) is 54.7 Å². The monoisotopic (exact) mass is 305 g/mol. The molecule has 1 saturated heterocycles. The number of fused-ring (bicyclic) bond motifs is 1. The van der Waals surface area contributed by atoms with Gasteiger partial charge in [-0.15, -0.1) is 0 Å². The predicted octanol–water partition coefficient (Wildman–Crippen LogP) is 3.27. The molecular weight excluding hydrogens is 286 g/mol. The second kappa shape index (κ2) is 5.54. The Balaban J connectivity index is 1.61. The molecule has 0 radical (unpaired) electrons. The standard InChI is InChI=1S/C19H19N3O/c1-14-18(22-11-6-5-9-17(22)20-14)19(23)21-12-10-16(13-21)15-7-3-2-4-8-15/h2-9,11,16H,10,12-13H2,1H3/t16-/m0/s1. The van der Waals surface area contributed by atoms with Crippen LogP contribution < -0.4 is 0 Å². The molecule has 0 unspecified atom stereocenters. The quantitative estimate of drug-likeness (QED) is 0.728. The van der Waals surface area contributed by atoms with Crippen LogP contribution in [-0.2, 0) is 0 Å². The number of carbonyl (C=O) groups is 1. The minimum Gasteiger partial charge on any atom is -0.337 e. The molecule has 116 valence electrons. The highest BCUT2D eigenvalue weighted by molar-refractivity contribution is 5.95. The molecule has 0 spiro atoms. The molecule has 0 saturated carbocycles. The van der Waals surface area contributed by atoms with Gasteiger partial charge in [-0.05, 0) is 31.0 Å². The van der Waals surface area contributed by atoms with E-state index in [1.165, 1.54) is 5.56 Å². The van der Waals surface area contributed by atoms with Crippen LogP contribution in [0.5, 0.6) is 0 Å². The summed E-state index contributed by atoms with van der Waals surface area (Å²) in [5.74, 6) is 0.513. The lowest BCUT2D eigenvalue weighted by Crippen LogP contribution is -2.30. The molecule has 1 aliphatic heterocycles. The Morgan fingerprint density at radius 3 is 2.74 bits per heavy atom. The maximum absolute atomic E-state index is 13.0. The van der Waals surface area contributed by atoms with E-state index in [9.17, 15) is 4.79 Å². The first-order valence-corrected chi connectivity index (χ1v) is 8.02. The van der Waals surface area contributed by atoms with Crippen molar-refractivity contribution in [1.29, 1.82) is 0 Å². The summed E-state index contributed by atoms with van der Waals surface area (Å²) in [5, 5.41) is 0. The number of aryl methyl sites for hydroxylation is 1. The third-order valence-corrected chi connectivity index (χ3v) is 4.65. The van der Waals surface area contributed by atoms with Gasteiger partial charge >= 0.3 is 0 Å². The Hall–Kier alpha value is -2.62. The van der Waals surface area contributed by atoms with Gasteiger partial charge in [-0.3, -0.25) is 9.20 Å². The molecule has 0 N–H and O–H groups in total. The number of hydrogen-bond donors (Lipinski definition) is 0. The first kappa shape index (κ1) is 14.0. The van der Waals surface area contributed by atoms with Gasteiger partial charge in [-0.1, -0.05) is 36.4 Å². The van der Waals surface area contributed by atoms with E-state index in [-0.39, 0.29) is 5.91 Å². The lowest BCUT2D eigenvalue weighted by atomic mass is 9.99. The summed E-state index contributed by atoms with van der Waals surface area (Å²) >= 11 is 0. The van der Waals surface area contributed by atoms with Crippen molar-refractivity contribution in [2.45, 2.75) is 19.3 Å². The van der Waals surface area contributed by atoms with E-state index in [0.717, 1.165) is 30.9 Å². The number of benzene rings is 1. The van der Waals surface area contributed by atoms with E-state index in [0.29, 0.717) is 11.6 Å². The fourth-order valence-electron chi connectivity index (χ4n) is 3.46. The fraction of sp³-hybridized carbons (Fsp3) is 0.263. The third kappa shape index (κ3) is 2.40. The number of rotatable bonds is 2. The van der Waals surface area contributed by atoms with Crippen molar-refractivity contribution in [3.63, 3.8) is 0 Å². The molecule has 0 bridgehead atoms. The van der Waals surface area contributed by atoms with Gasteiger partial charge in [0.15, 0.2) is 0 Å². The molecular formula is C19H19N3O. The van der Waals surface area contributed by atoms with E-state index in [2.05, 4.69) is 29.2 Å². The van der Waals surface area contributed by atoms with Crippen molar-refractivity contribution >= 4 is 11.6 Å². The lowest BCUT2D eigenvalue weighted by molar-refractivity contribution is 0.0783. The van der Waals surface area contributed by atoms with Crippen molar-refractivity contribution in [2.24, 2.45) is 0 Å². The van der Waals surface area contributed by atoms with Crippen molar-refractivity contribution < 1.29 is 4.79 Å². The summed E-state index contributed by atoms with van der Waals surface area (Å²) in [6.45, 7) is 3.49. The van der Waals surface area contributed by atoms with E-state index >= 15 is 0 Å². The zero-order valence-corrected chi connectivity index (χ0v) is 13.1. The average Bonchev–Trinajstić information content (AvgIpc) is 3.19. The second-order valence-electron chi connectivity index (χ2n) is 6.12. The van der Waals surface area contributed by atoms with Crippen molar-refractivity contribution in [3.05, 3.63) is 71.7 Å². The molecule has 1 fully saturated rings. The van der Waals surface area contributed by atoms with Gasteiger partial charge in [0.2, 0.25) is 0 Å². The van der Waals surface area contributed by atoms with Crippen LogP contribution in [0.2, 0.25) is 0 Å². The van der Waals surface area contributed by atoms with Crippen LogP contribution in [0.25, 0.3) is 5.65 Å². The molecule has 1 aliphatic rings. The minimum atomic E-state index is 0.0830. The largest absolute Gasteiger partial charge is 0.337 e. The summed E-state index contributed by atoms with van der Waals surface area (Å²) in [6.07, 6.45) is 2.93. The molecule has 3 heterocycles. The van der Waals surface area contributed by atoms with Gasteiger partial charge in [0, 0.05) is 25.2 Å². The van der Waals surface area contributed by atoms with E-state index in [1.807, 2.05) is 46.7 Å². The average molecular weight is 305 g/mol. The summed E-state index contributed by atoms with van der Waals surface area (Å²) < 4.78 is 1.90. The Kier molecular flexibility index (Phi) is 3.37. The van der Waals surface area contributed by atoms with E-state index in [1.54, 1.807) is 0 Å². The fourth-order valence-corrected chi connectivity index (χ4v) is 3.46. The highest BCUT2D eigenvalue weighted by Gasteiger charge is 2.30. The number of hydrogen-bond acceptors (Lipinski definition) is 2. The molecule has 1 amide bonds. The minimum absolute atomic E-state index is 0.0830. The maximum Gasteiger partial charge on any atom is 0.272 e. The molecule has 1 atom stereocenters. The summed E-state index contributed by atoms with van der Waals surface area (Å²) in [6, 6.07) is 16.3. The van der Waals surface area contributed by atoms with E-state index < -0.39 is 0 Å². The first-order valence-electron chi connectivity index (χ1n) is 8.02. The summed E-state index contributed by atoms with van der Waals surface area (Å²) in [7, 11) is 0. The first-order chi connectivity index (χ1) is 11.2. The molecule has 0 aliphatic carbocycles. The normalized spacial score (nSPS) is 17.8. The molecule has 3 aromatic rings. The zero-order chi connectivity index (χ0) is 15.8. The number of imidazole rings is 1. The highest BCUT2D eigenvalue weighted by atomic mass is 16.2. The van der Waals surface area contributed by atoms with Crippen LogP contribution in [0.1, 0.15) is 34.1 Å². The van der Waals surface area contributed by atoms with Crippen LogP contribution in [-0.4, -0.2) is 33.3 Å². The predicted molar refractivity (Wildman–Crippen MR) is 89.6 cm³/mol. The molecule has 4 rings (SSSR count). The van der Waals surface area contributed by atoms with Crippen LogP contribution in [0.3, 0.4) is 0 Å². The van der Waals surface area contributed by atoms with Crippen LogP contribution in [0, 0.1) is 6.92 Å². The van der Waals surface area contributed by atoms with Gasteiger partial charge in [0.25, 0.3) is 5.91 Å². The Labute approximate surface area is 135 Å². The molecule has 23 heavy (non-hydrogen) atoms. The van der Waals surface area contributed by atoms with Crippen molar-refractivity contribution in [3.8, 4) is 0 Å². The van der Waals surface area contributed by atoms with Gasteiger partial charge in [0.1, 0.15) is 11.3 Å². The molecule has 4 nitrogen and oxygen atoms in total.